The summed E-state index contributed by atoms with van der Waals surface area (Å²) in [6.45, 7) is 6.20. The van der Waals surface area contributed by atoms with Crippen molar-refractivity contribution in [3.63, 3.8) is 0 Å². The van der Waals surface area contributed by atoms with E-state index in [-0.39, 0.29) is 30.2 Å². The quantitative estimate of drug-likeness (QED) is 0.735. The van der Waals surface area contributed by atoms with Crippen molar-refractivity contribution in [3.8, 4) is 0 Å². The molecule has 1 amide bonds. The molecular weight excluding hydrogens is 362 g/mol. The second-order valence-electron chi connectivity index (χ2n) is 7.01. The second kappa shape index (κ2) is 7.77. The smallest absolute Gasteiger partial charge is 0.326 e. The second-order valence-corrected chi connectivity index (χ2v) is 8.95. The predicted octanol–water partition coefficient (Wildman–Crippen LogP) is 0.449. The van der Waals surface area contributed by atoms with Gasteiger partial charge in [-0.3, -0.25) is 9.59 Å². The zero-order valence-electron chi connectivity index (χ0n) is 15.4. The van der Waals surface area contributed by atoms with Gasteiger partial charge in [0, 0.05) is 26.3 Å². The molecule has 0 atom stereocenters. The molecule has 1 saturated heterocycles. The third-order valence-corrected chi connectivity index (χ3v) is 5.50. The van der Waals surface area contributed by atoms with E-state index in [0.717, 1.165) is 0 Å². The molecule has 0 spiro atoms. The number of hydrogen-bond acceptors (Lipinski definition) is 6. The molecule has 26 heavy (non-hydrogen) atoms. The molecule has 1 aromatic heterocycles. The van der Waals surface area contributed by atoms with Crippen LogP contribution in [0, 0.1) is 0 Å². The number of H-pyrrole nitrogens is 1. The first kappa shape index (κ1) is 20.4. The van der Waals surface area contributed by atoms with Crippen LogP contribution in [0.25, 0.3) is 0 Å². The van der Waals surface area contributed by atoms with Gasteiger partial charge in [0.25, 0.3) is 5.91 Å². The predicted molar refractivity (Wildman–Crippen MR) is 93.2 cm³/mol. The molecule has 0 unspecified atom stereocenters. The lowest BCUT2D eigenvalue weighted by molar-refractivity contribution is -0.155. The lowest BCUT2D eigenvalue weighted by Crippen LogP contribution is -2.40. The standard InChI is InChI=1S/C16H25N3O6S/c1-16(2,3)25-14(20)11-18(4)15(21)13-9-12(10-17-13)26(22,23)19-5-7-24-8-6-19/h9-10,17H,5-8,11H2,1-4H3. The molecular formula is C16H25N3O6S. The van der Waals surface area contributed by atoms with Gasteiger partial charge in [-0.15, -0.1) is 0 Å². The molecule has 0 aliphatic carbocycles. The lowest BCUT2D eigenvalue weighted by atomic mass is 10.2. The van der Waals surface area contributed by atoms with Gasteiger partial charge in [-0.2, -0.15) is 4.31 Å². The summed E-state index contributed by atoms with van der Waals surface area (Å²) in [6, 6.07) is 1.28. The van der Waals surface area contributed by atoms with Gasteiger partial charge in [0.1, 0.15) is 22.7 Å². The zero-order valence-corrected chi connectivity index (χ0v) is 16.3. The van der Waals surface area contributed by atoms with Crippen molar-refractivity contribution < 1.29 is 27.5 Å². The molecule has 1 N–H and O–H groups in total. The largest absolute Gasteiger partial charge is 0.459 e. The first-order valence-electron chi connectivity index (χ1n) is 8.24. The van der Waals surface area contributed by atoms with E-state index in [1.807, 2.05) is 0 Å². The van der Waals surface area contributed by atoms with Crippen molar-refractivity contribution >= 4 is 21.9 Å². The molecule has 146 valence electrons. The van der Waals surface area contributed by atoms with Gasteiger partial charge < -0.3 is 19.4 Å². The number of nitrogens with one attached hydrogen (secondary N) is 1. The fraction of sp³-hybridized carbons (Fsp3) is 0.625. The normalized spacial score (nSPS) is 16.3. The van der Waals surface area contributed by atoms with Crippen LogP contribution in [0.1, 0.15) is 31.3 Å². The highest BCUT2D eigenvalue weighted by atomic mass is 32.2. The number of nitrogens with zero attached hydrogens (tertiary/aromatic N) is 2. The number of amides is 1. The average Bonchev–Trinajstić information content (AvgIpc) is 3.03. The monoisotopic (exact) mass is 387 g/mol. The fourth-order valence-electron chi connectivity index (χ4n) is 2.43. The van der Waals surface area contributed by atoms with Crippen molar-refractivity contribution in [2.45, 2.75) is 31.3 Å². The Hall–Kier alpha value is -1.91. The van der Waals surface area contributed by atoms with Crippen LogP contribution in [0.15, 0.2) is 17.2 Å². The van der Waals surface area contributed by atoms with E-state index >= 15 is 0 Å². The summed E-state index contributed by atoms with van der Waals surface area (Å²) in [5.41, 5.74) is -0.560. The number of likely N-dealkylation sites (N-methyl/N-ethyl adjacent to an activating group) is 1. The Kier molecular flexibility index (Phi) is 6.09. The van der Waals surface area contributed by atoms with Crippen molar-refractivity contribution in [3.05, 3.63) is 18.0 Å². The van der Waals surface area contributed by atoms with Gasteiger partial charge in [0.2, 0.25) is 10.0 Å². The van der Waals surface area contributed by atoms with Gasteiger partial charge in [0.15, 0.2) is 0 Å². The molecule has 1 aliphatic heterocycles. The van der Waals surface area contributed by atoms with Crippen molar-refractivity contribution in [2.24, 2.45) is 0 Å². The maximum Gasteiger partial charge on any atom is 0.326 e. The molecule has 2 rings (SSSR count). The van der Waals surface area contributed by atoms with Crippen molar-refractivity contribution in [1.82, 2.24) is 14.2 Å². The number of esters is 1. The zero-order chi connectivity index (χ0) is 19.5. The van der Waals surface area contributed by atoms with Gasteiger partial charge in [-0.1, -0.05) is 0 Å². The Morgan fingerprint density at radius 2 is 1.92 bits per heavy atom. The Balaban J connectivity index is 2.06. The highest BCUT2D eigenvalue weighted by Crippen LogP contribution is 2.18. The van der Waals surface area contributed by atoms with Crippen LogP contribution in [0.2, 0.25) is 0 Å². The summed E-state index contributed by atoms with van der Waals surface area (Å²) in [5, 5.41) is 0. The number of aromatic amines is 1. The molecule has 0 aromatic carbocycles. The van der Waals surface area contributed by atoms with Crippen LogP contribution >= 0.6 is 0 Å². The number of rotatable bonds is 5. The summed E-state index contributed by atoms with van der Waals surface area (Å²) in [7, 11) is -2.24. The summed E-state index contributed by atoms with van der Waals surface area (Å²) >= 11 is 0. The minimum atomic E-state index is -3.69. The number of morpholine rings is 1. The Morgan fingerprint density at radius 1 is 1.31 bits per heavy atom. The van der Waals surface area contributed by atoms with Crippen LogP contribution in [0.4, 0.5) is 0 Å². The first-order valence-corrected chi connectivity index (χ1v) is 9.68. The molecule has 2 heterocycles. The number of ether oxygens (including phenoxy) is 2. The maximum atomic E-state index is 12.6. The molecule has 1 aromatic rings. The minimum absolute atomic E-state index is 0.00779. The summed E-state index contributed by atoms with van der Waals surface area (Å²) in [6.07, 6.45) is 1.28. The van der Waals surface area contributed by atoms with E-state index < -0.39 is 27.5 Å². The van der Waals surface area contributed by atoms with E-state index in [0.29, 0.717) is 13.2 Å². The Morgan fingerprint density at radius 3 is 2.50 bits per heavy atom. The molecule has 1 aliphatic rings. The topological polar surface area (TPSA) is 109 Å². The molecule has 0 radical (unpaired) electrons. The third-order valence-electron chi connectivity index (χ3n) is 3.63. The highest BCUT2D eigenvalue weighted by molar-refractivity contribution is 7.89. The first-order chi connectivity index (χ1) is 12.0. The fourth-order valence-corrected chi connectivity index (χ4v) is 3.83. The highest BCUT2D eigenvalue weighted by Gasteiger charge is 2.29. The SMILES string of the molecule is CN(CC(=O)OC(C)(C)C)C(=O)c1cc(S(=O)(=O)N2CCOCC2)c[nH]1. The van der Waals surface area contributed by atoms with E-state index in [2.05, 4.69) is 4.98 Å². The number of carbonyl (C=O) groups is 2. The van der Waals surface area contributed by atoms with Crippen LogP contribution in [-0.2, 0) is 24.3 Å². The average molecular weight is 387 g/mol. The van der Waals surface area contributed by atoms with Gasteiger partial charge >= 0.3 is 5.97 Å². The molecule has 10 heteroatoms. The molecule has 0 saturated carbocycles. The van der Waals surface area contributed by atoms with Gasteiger partial charge in [0.05, 0.1) is 13.2 Å². The van der Waals surface area contributed by atoms with E-state index in [9.17, 15) is 18.0 Å². The van der Waals surface area contributed by atoms with Crippen LogP contribution in [0.5, 0.6) is 0 Å². The van der Waals surface area contributed by atoms with Gasteiger partial charge in [-0.05, 0) is 26.8 Å². The molecule has 0 bridgehead atoms. The number of hydrogen-bond donors (Lipinski definition) is 1. The van der Waals surface area contributed by atoms with E-state index in [1.54, 1.807) is 20.8 Å². The number of sulfonamides is 1. The lowest BCUT2D eigenvalue weighted by Gasteiger charge is -2.25. The van der Waals surface area contributed by atoms with E-state index in [4.69, 9.17) is 9.47 Å². The van der Waals surface area contributed by atoms with Crippen LogP contribution in [-0.4, -0.2) is 80.0 Å². The minimum Gasteiger partial charge on any atom is -0.459 e. The van der Waals surface area contributed by atoms with Gasteiger partial charge in [-0.25, -0.2) is 8.42 Å². The van der Waals surface area contributed by atoms with E-state index in [1.165, 1.54) is 28.5 Å². The summed E-state index contributed by atoms with van der Waals surface area (Å²) < 4.78 is 36.8. The third kappa shape index (κ3) is 5.05. The summed E-state index contributed by atoms with van der Waals surface area (Å²) in [5.74, 6) is -1.04. The van der Waals surface area contributed by atoms with Crippen molar-refractivity contribution in [2.75, 3.05) is 39.9 Å². The number of aromatic nitrogens is 1. The number of carbonyl (C=O) groups excluding carboxylic acids is 2. The van der Waals surface area contributed by atoms with Crippen LogP contribution in [0.3, 0.4) is 0 Å². The Bertz CT molecular complexity index is 759. The maximum absolute atomic E-state index is 12.6. The van der Waals surface area contributed by atoms with Crippen molar-refractivity contribution in [1.29, 1.82) is 0 Å². The van der Waals surface area contributed by atoms with Crippen LogP contribution < -0.4 is 0 Å². The molecule has 9 nitrogen and oxygen atoms in total. The summed E-state index contributed by atoms with van der Waals surface area (Å²) in [4.78, 5) is 28.1. The molecule has 1 fully saturated rings. The Labute approximate surface area is 153 Å².